The Labute approximate surface area is 132 Å². The molecule has 5 nitrogen and oxygen atoms in total. The minimum Gasteiger partial charge on any atom is -0.463 e. The first-order chi connectivity index (χ1) is 10.7. The minimum atomic E-state index is -0.168. The first-order valence-corrected chi connectivity index (χ1v) is 7.77. The molecule has 1 atom stereocenters. The molecule has 1 aliphatic rings. The zero-order valence-corrected chi connectivity index (χ0v) is 12.8. The molecule has 1 unspecified atom stereocenters. The van der Waals surface area contributed by atoms with Gasteiger partial charge in [-0.25, -0.2) is 0 Å². The Morgan fingerprint density at radius 2 is 2.18 bits per heavy atom. The number of thioether (sulfide) groups is 1. The average Bonchev–Trinajstić information content (AvgIpc) is 3.12. The van der Waals surface area contributed by atoms with E-state index >= 15 is 0 Å². The molecule has 0 aliphatic carbocycles. The SMILES string of the molecule is Cc1ccccc1CC1S/C(=N\N=Cc2ccco2)NC1=O. The fourth-order valence-electron chi connectivity index (χ4n) is 2.13. The lowest BCUT2D eigenvalue weighted by Crippen LogP contribution is -2.26. The molecule has 1 aromatic carbocycles. The third-order valence-electron chi connectivity index (χ3n) is 3.32. The van der Waals surface area contributed by atoms with Crippen LogP contribution in [0.3, 0.4) is 0 Å². The van der Waals surface area contributed by atoms with Gasteiger partial charge < -0.3 is 9.73 Å². The number of hydrogen-bond acceptors (Lipinski definition) is 5. The number of amides is 1. The molecule has 1 amide bonds. The largest absolute Gasteiger partial charge is 0.463 e. The highest BCUT2D eigenvalue weighted by molar-refractivity contribution is 8.15. The molecule has 0 saturated carbocycles. The summed E-state index contributed by atoms with van der Waals surface area (Å²) < 4.78 is 5.12. The van der Waals surface area contributed by atoms with Crippen molar-refractivity contribution in [1.29, 1.82) is 0 Å². The predicted octanol–water partition coefficient (Wildman–Crippen LogP) is 2.75. The zero-order valence-electron chi connectivity index (χ0n) is 12.0. The van der Waals surface area contributed by atoms with Gasteiger partial charge in [0.05, 0.1) is 17.7 Å². The smallest absolute Gasteiger partial charge is 0.239 e. The fraction of sp³-hybridized carbons (Fsp3) is 0.188. The van der Waals surface area contributed by atoms with Crippen LogP contribution < -0.4 is 5.32 Å². The Morgan fingerprint density at radius 3 is 2.95 bits per heavy atom. The van der Waals surface area contributed by atoms with Crippen molar-refractivity contribution < 1.29 is 9.21 Å². The van der Waals surface area contributed by atoms with Gasteiger partial charge in [-0.05, 0) is 36.6 Å². The van der Waals surface area contributed by atoms with Crippen molar-refractivity contribution in [3.63, 3.8) is 0 Å². The molecule has 22 heavy (non-hydrogen) atoms. The van der Waals surface area contributed by atoms with Gasteiger partial charge in [-0.1, -0.05) is 36.0 Å². The molecular weight excluding hydrogens is 298 g/mol. The number of carbonyl (C=O) groups excluding carboxylic acids is 1. The second kappa shape index (κ2) is 6.62. The summed E-state index contributed by atoms with van der Waals surface area (Å²) in [4.78, 5) is 12.0. The molecule has 1 aliphatic heterocycles. The number of aryl methyl sites for hydroxylation is 1. The number of carbonyl (C=O) groups is 1. The standard InChI is InChI=1S/C16H15N3O2S/c1-11-5-2-3-6-12(11)9-14-15(20)18-16(22-14)19-17-10-13-7-4-8-21-13/h2-8,10,14H,9H2,1H3,(H,18,19,20). The van der Waals surface area contributed by atoms with Crippen LogP contribution in [0.5, 0.6) is 0 Å². The van der Waals surface area contributed by atoms with Crippen LogP contribution in [-0.2, 0) is 11.2 Å². The van der Waals surface area contributed by atoms with Gasteiger partial charge in [0, 0.05) is 0 Å². The van der Waals surface area contributed by atoms with Crippen LogP contribution in [0.15, 0.2) is 57.3 Å². The van der Waals surface area contributed by atoms with E-state index in [0.717, 1.165) is 0 Å². The van der Waals surface area contributed by atoms with E-state index in [1.54, 1.807) is 18.4 Å². The summed E-state index contributed by atoms with van der Waals surface area (Å²) in [6, 6.07) is 11.6. The van der Waals surface area contributed by atoms with Crippen molar-refractivity contribution in [3.8, 4) is 0 Å². The monoisotopic (exact) mass is 313 g/mol. The normalized spacial score (nSPS) is 20.0. The Morgan fingerprint density at radius 1 is 1.32 bits per heavy atom. The van der Waals surface area contributed by atoms with Gasteiger partial charge >= 0.3 is 0 Å². The third-order valence-corrected chi connectivity index (χ3v) is 4.39. The van der Waals surface area contributed by atoms with E-state index in [2.05, 4.69) is 28.5 Å². The van der Waals surface area contributed by atoms with Gasteiger partial charge in [-0.15, -0.1) is 5.10 Å². The van der Waals surface area contributed by atoms with Crippen molar-refractivity contribution in [1.82, 2.24) is 5.32 Å². The molecule has 0 bridgehead atoms. The molecular formula is C16H15N3O2S. The van der Waals surface area contributed by atoms with E-state index in [9.17, 15) is 4.79 Å². The molecule has 1 fully saturated rings. The minimum absolute atomic E-state index is 0.0276. The summed E-state index contributed by atoms with van der Waals surface area (Å²) in [6.45, 7) is 2.05. The fourth-order valence-corrected chi connectivity index (χ4v) is 3.08. The molecule has 2 heterocycles. The van der Waals surface area contributed by atoms with Gasteiger partial charge in [0.2, 0.25) is 5.91 Å². The lowest BCUT2D eigenvalue weighted by Gasteiger charge is -2.07. The van der Waals surface area contributed by atoms with E-state index in [4.69, 9.17) is 4.42 Å². The zero-order chi connectivity index (χ0) is 15.4. The Kier molecular flexibility index (Phi) is 4.39. The van der Waals surface area contributed by atoms with Gasteiger partial charge in [0.15, 0.2) is 5.17 Å². The van der Waals surface area contributed by atoms with Crippen LogP contribution in [-0.4, -0.2) is 22.5 Å². The van der Waals surface area contributed by atoms with Crippen LogP contribution in [0.25, 0.3) is 0 Å². The van der Waals surface area contributed by atoms with Crippen LogP contribution in [0.4, 0.5) is 0 Å². The van der Waals surface area contributed by atoms with Crippen molar-refractivity contribution in [2.75, 3.05) is 0 Å². The van der Waals surface area contributed by atoms with E-state index in [-0.39, 0.29) is 11.2 Å². The van der Waals surface area contributed by atoms with Crippen LogP contribution in [0.2, 0.25) is 0 Å². The molecule has 2 aromatic rings. The Hall–Kier alpha value is -2.34. The number of amidine groups is 1. The van der Waals surface area contributed by atoms with Crippen molar-refractivity contribution in [3.05, 3.63) is 59.5 Å². The summed E-state index contributed by atoms with van der Waals surface area (Å²) >= 11 is 1.40. The quantitative estimate of drug-likeness (QED) is 0.697. The third kappa shape index (κ3) is 3.46. The second-order valence-corrected chi connectivity index (χ2v) is 6.08. The lowest BCUT2D eigenvalue weighted by atomic mass is 10.0. The highest BCUT2D eigenvalue weighted by atomic mass is 32.2. The number of benzene rings is 1. The maximum absolute atomic E-state index is 12.0. The van der Waals surface area contributed by atoms with Gasteiger partial charge in [-0.3, -0.25) is 4.79 Å². The summed E-state index contributed by atoms with van der Waals surface area (Å²) in [6.07, 6.45) is 3.76. The lowest BCUT2D eigenvalue weighted by molar-refractivity contribution is -0.118. The molecule has 3 rings (SSSR count). The number of hydrogen-bond donors (Lipinski definition) is 1. The first-order valence-electron chi connectivity index (χ1n) is 6.89. The predicted molar refractivity (Wildman–Crippen MR) is 88.1 cm³/mol. The van der Waals surface area contributed by atoms with Crippen molar-refractivity contribution >= 4 is 29.1 Å². The van der Waals surface area contributed by atoms with Gasteiger partial charge in [-0.2, -0.15) is 5.10 Å². The highest BCUT2D eigenvalue weighted by Gasteiger charge is 2.30. The maximum Gasteiger partial charge on any atom is 0.239 e. The number of furan rings is 1. The Balaban J connectivity index is 1.64. The number of rotatable bonds is 4. The van der Waals surface area contributed by atoms with E-state index in [1.807, 2.05) is 18.2 Å². The summed E-state index contributed by atoms with van der Waals surface area (Å²) in [5.74, 6) is 0.593. The van der Waals surface area contributed by atoms with Crippen molar-refractivity contribution in [2.45, 2.75) is 18.6 Å². The van der Waals surface area contributed by atoms with E-state index < -0.39 is 0 Å². The molecule has 0 radical (unpaired) electrons. The second-order valence-electron chi connectivity index (χ2n) is 4.89. The Bertz CT molecular complexity index is 723. The maximum atomic E-state index is 12.0. The molecule has 1 aromatic heterocycles. The average molecular weight is 313 g/mol. The van der Waals surface area contributed by atoms with E-state index in [0.29, 0.717) is 17.3 Å². The van der Waals surface area contributed by atoms with Crippen LogP contribution in [0.1, 0.15) is 16.9 Å². The highest BCUT2D eigenvalue weighted by Crippen LogP contribution is 2.24. The summed E-state index contributed by atoms with van der Waals surface area (Å²) in [5.41, 5.74) is 2.37. The molecule has 6 heteroatoms. The molecule has 112 valence electrons. The number of nitrogens with one attached hydrogen (secondary N) is 1. The van der Waals surface area contributed by atoms with Gasteiger partial charge in [0.25, 0.3) is 0 Å². The first kappa shape index (κ1) is 14.6. The van der Waals surface area contributed by atoms with Crippen LogP contribution >= 0.6 is 11.8 Å². The molecule has 1 saturated heterocycles. The van der Waals surface area contributed by atoms with E-state index in [1.165, 1.54) is 29.1 Å². The number of nitrogens with zero attached hydrogens (tertiary/aromatic N) is 2. The van der Waals surface area contributed by atoms with Crippen LogP contribution in [0, 0.1) is 6.92 Å². The van der Waals surface area contributed by atoms with Gasteiger partial charge in [0.1, 0.15) is 5.76 Å². The molecule has 0 spiro atoms. The topological polar surface area (TPSA) is 67.0 Å². The molecule has 1 N–H and O–H groups in total. The summed E-state index contributed by atoms with van der Waals surface area (Å²) in [5, 5.41) is 11.0. The summed E-state index contributed by atoms with van der Waals surface area (Å²) in [7, 11) is 0. The van der Waals surface area contributed by atoms with Crippen molar-refractivity contribution in [2.24, 2.45) is 10.2 Å².